The molecular formula is C13H14F3NO4S. The Labute approximate surface area is 125 Å². The second-order valence-corrected chi connectivity index (χ2v) is 7.10. The van der Waals surface area contributed by atoms with E-state index in [0.717, 1.165) is 16.4 Å². The molecule has 0 aromatic heterocycles. The van der Waals surface area contributed by atoms with Gasteiger partial charge < -0.3 is 5.11 Å². The monoisotopic (exact) mass is 337 g/mol. The number of benzene rings is 1. The van der Waals surface area contributed by atoms with Crippen molar-refractivity contribution in [2.45, 2.75) is 43.4 Å². The lowest BCUT2D eigenvalue weighted by atomic mass is 10.0. The van der Waals surface area contributed by atoms with Crippen molar-refractivity contribution in [2.24, 2.45) is 0 Å². The Morgan fingerprint density at radius 1 is 1.36 bits per heavy atom. The summed E-state index contributed by atoms with van der Waals surface area (Å²) < 4.78 is 64.2. The van der Waals surface area contributed by atoms with Crippen molar-refractivity contribution in [2.75, 3.05) is 0 Å². The van der Waals surface area contributed by atoms with Gasteiger partial charge in [-0.05, 0) is 31.5 Å². The fourth-order valence-electron chi connectivity index (χ4n) is 2.63. The summed E-state index contributed by atoms with van der Waals surface area (Å²) in [5.74, 6) is -1.22. The number of carbonyl (C=O) groups is 1. The van der Waals surface area contributed by atoms with E-state index in [1.165, 1.54) is 0 Å². The molecule has 1 aromatic carbocycles. The number of hydrogen-bond acceptors (Lipinski definition) is 3. The zero-order valence-electron chi connectivity index (χ0n) is 11.8. The van der Waals surface area contributed by atoms with Gasteiger partial charge in [-0.1, -0.05) is 6.07 Å². The summed E-state index contributed by atoms with van der Waals surface area (Å²) in [6, 6.07) is 0.816. The van der Waals surface area contributed by atoms with E-state index in [0.29, 0.717) is 6.07 Å². The minimum atomic E-state index is -4.67. The molecule has 1 atom stereocenters. The highest BCUT2D eigenvalue weighted by Crippen LogP contribution is 2.44. The third-order valence-electron chi connectivity index (χ3n) is 3.44. The van der Waals surface area contributed by atoms with E-state index in [2.05, 4.69) is 0 Å². The maximum absolute atomic E-state index is 12.8. The van der Waals surface area contributed by atoms with Crippen molar-refractivity contribution in [1.29, 1.82) is 0 Å². The predicted octanol–water partition coefficient (Wildman–Crippen LogP) is 2.63. The Hall–Kier alpha value is -1.61. The molecule has 1 aliphatic heterocycles. The molecule has 1 aromatic rings. The molecule has 2 rings (SSSR count). The van der Waals surface area contributed by atoms with Crippen LogP contribution in [0.1, 0.15) is 37.4 Å². The van der Waals surface area contributed by atoms with Crippen LogP contribution < -0.4 is 0 Å². The number of halogens is 3. The molecule has 22 heavy (non-hydrogen) atoms. The summed E-state index contributed by atoms with van der Waals surface area (Å²) in [6.45, 7) is 3.09. The first-order valence-corrected chi connectivity index (χ1v) is 7.86. The third-order valence-corrected chi connectivity index (χ3v) is 5.58. The van der Waals surface area contributed by atoms with E-state index in [1.807, 2.05) is 0 Å². The van der Waals surface area contributed by atoms with E-state index < -0.39 is 51.1 Å². The Bertz CT molecular complexity index is 712. The Kier molecular flexibility index (Phi) is 3.99. The van der Waals surface area contributed by atoms with Gasteiger partial charge in [-0.3, -0.25) is 4.79 Å². The molecule has 0 bridgehead atoms. The van der Waals surface area contributed by atoms with Crippen LogP contribution in [-0.2, 0) is 21.0 Å². The van der Waals surface area contributed by atoms with Gasteiger partial charge in [-0.2, -0.15) is 17.5 Å². The van der Waals surface area contributed by atoms with Crippen molar-refractivity contribution in [1.82, 2.24) is 4.31 Å². The SMILES string of the molecule is CC(C)N1[C@@H](CC(=O)O)c2ccc(C(F)(F)F)cc2S1(=O)=O. The standard InChI is InChI=1S/C13H14F3NO4S/c1-7(2)17-10(6-12(18)19)9-4-3-8(13(14,15)16)5-11(9)22(17,20)21/h3-5,7,10H,6H2,1-2H3,(H,18,19)/t10-/m0/s1. The minimum absolute atomic E-state index is 0.0871. The largest absolute Gasteiger partial charge is 0.481 e. The van der Waals surface area contributed by atoms with Crippen LogP contribution in [0.3, 0.4) is 0 Å². The topological polar surface area (TPSA) is 74.7 Å². The smallest absolute Gasteiger partial charge is 0.416 e. The van der Waals surface area contributed by atoms with E-state index >= 15 is 0 Å². The number of carboxylic acid groups (broad SMARTS) is 1. The lowest BCUT2D eigenvalue weighted by molar-refractivity contribution is -0.139. The van der Waals surface area contributed by atoms with E-state index in [4.69, 9.17) is 5.11 Å². The van der Waals surface area contributed by atoms with Crippen molar-refractivity contribution < 1.29 is 31.5 Å². The van der Waals surface area contributed by atoms with Crippen LogP contribution in [0, 0.1) is 0 Å². The quantitative estimate of drug-likeness (QED) is 0.920. The molecule has 1 heterocycles. The molecular weight excluding hydrogens is 323 g/mol. The average molecular weight is 337 g/mol. The molecule has 122 valence electrons. The average Bonchev–Trinajstić information content (AvgIpc) is 2.55. The zero-order chi connectivity index (χ0) is 16.9. The van der Waals surface area contributed by atoms with Crippen LogP contribution >= 0.6 is 0 Å². The lowest BCUT2D eigenvalue weighted by Gasteiger charge is -2.25. The number of nitrogens with zero attached hydrogens (tertiary/aromatic N) is 1. The predicted molar refractivity (Wildman–Crippen MR) is 70.6 cm³/mol. The Morgan fingerprint density at radius 2 is 1.95 bits per heavy atom. The summed E-state index contributed by atoms with van der Waals surface area (Å²) in [5.41, 5.74) is -0.987. The molecule has 0 saturated heterocycles. The molecule has 0 fully saturated rings. The first-order chi connectivity index (χ1) is 9.96. The first kappa shape index (κ1) is 16.8. The summed E-state index contributed by atoms with van der Waals surface area (Å²) in [5, 5.41) is 8.95. The molecule has 5 nitrogen and oxygen atoms in total. The number of rotatable bonds is 3. The zero-order valence-corrected chi connectivity index (χ0v) is 12.6. The number of sulfonamides is 1. The molecule has 0 unspecified atom stereocenters. The fraction of sp³-hybridized carbons (Fsp3) is 0.462. The summed E-state index contributed by atoms with van der Waals surface area (Å²) in [4.78, 5) is 10.5. The van der Waals surface area contributed by atoms with Gasteiger partial charge in [0.05, 0.1) is 22.9 Å². The van der Waals surface area contributed by atoms with E-state index in [9.17, 15) is 26.4 Å². The number of hydrogen-bond donors (Lipinski definition) is 1. The second-order valence-electron chi connectivity index (χ2n) is 5.29. The molecule has 0 radical (unpaired) electrons. The van der Waals surface area contributed by atoms with Crippen molar-refractivity contribution in [3.05, 3.63) is 29.3 Å². The van der Waals surface area contributed by atoms with Gasteiger partial charge in [0, 0.05) is 6.04 Å². The van der Waals surface area contributed by atoms with Gasteiger partial charge >= 0.3 is 12.1 Å². The highest BCUT2D eigenvalue weighted by molar-refractivity contribution is 7.89. The van der Waals surface area contributed by atoms with Gasteiger partial charge in [0.25, 0.3) is 0 Å². The number of fused-ring (bicyclic) bond motifs is 1. The Morgan fingerprint density at radius 3 is 2.41 bits per heavy atom. The van der Waals surface area contributed by atoms with Gasteiger partial charge in [-0.15, -0.1) is 0 Å². The van der Waals surface area contributed by atoms with Gasteiger partial charge in [0.2, 0.25) is 10.0 Å². The van der Waals surface area contributed by atoms with Crippen LogP contribution in [0.2, 0.25) is 0 Å². The van der Waals surface area contributed by atoms with Gasteiger partial charge in [0.1, 0.15) is 0 Å². The van der Waals surface area contributed by atoms with Crippen LogP contribution in [0.5, 0.6) is 0 Å². The maximum Gasteiger partial charge on any atom is 0.416 e. The summed E-state index contributed by atoms with van der Waals surface area (Å²) in [6.07, 6.45) is -5.17. The normalized spacial score (nSPS) is 21.1. The molecule has 0 spiro atoms. The van der Waals surface area contributed by atoms with Crippen molar-refractivity contribution in [3.63, 3.8) is 0 Å². The highest BCUT2D eigenvalue weighted by Gasteiger charge is 2.46. The van der Waals surface area contributed by atoms with Gasteiger partial charge in [0.15, 0.2) is 0 Å². The maximum atomic E-state index is 12.8. The molecule has 0 saturated carbocycles. The van der Waals surface area contributed by atoms with Crippen LogP contribution in [-0.4, -0.2) is 29.8 Å². The summed E-state index contributed by atoms with van der Waals surface area (Å²) in [7, 11) is -4.15. The first-order valence-electron chi connectivity index (χ1n) is 6.42. The van der Waals surface area contributed by atoms with Crippen LogP contribution in [0.15, 0.2) is 23.1 Å². The molecule has 9 heteroatoms. The molecule has 1 N–H and O–H groups in total. The fourth-order valence-corrected chi connectivity index (χ4v) is 4.71. The summed E-state index contributed by atoms with van der Waals surface area (Å²) >= 11 is 0. The number of aliphatic carboxylic acids is 1. The number of carboxylic acids is 1. The van der Waals surface area contributed by atoms with E-state index in [1.54, 1.807) is 13.8 Å². The van der Waals surface area contributed by atoms with Crippen molar-refractivity contribution in [3.8, 4) is 0 Å². The second kappa shape index (κ2) is 5.24. The van der Waals surface area contributed by atoms with Crippen LogP contribution in [0.4, 0.5) is 13.2 Å². The molecule has 0 amide bonds. The number of alkyl halides is 3. The third kappa shape index (κ3) is 2.70. The van der Waals surface area contributed by atoms with Crippen LogP contribution in [0.25, 0.3) is 0 Å². The highest BCUT2D eigenvalue weighted by atomic mass is 32.2. The molecule has 0 aliphatic carbocycles. The Balaban J connectivity index is 2.65. The van der Waals surface area contributed by atoms with Gasteiger partial charge in [-0.25, -0.2) is 8.42 Å². The van der Waals surface area contributed by atoms with Crippen molar-refractivity contribution >= 4 is 16.0 Å². The minimum Gasteiger partial charge on any atom is -0.481 e. The van der Waals surface area contributed by atoms with E-state index in [-0.39, 0.29) is 5.56 Å². The lowest BCUT2D eigenvalue weighted by Crippen LogP contribution is -2.35. The molecule has 1 aliphatic rings.